The molecule has 0 aliphatic carbocycles. The molecule has 0 saturated carbocycles. The van der Waals surface area contributed by atoms with Gasteiger partial charge in [-0.15, -0.1) is 0 Å². The molecule has 174 valence electrons. The van der Waals surface area contributed by atoms with Gasteiger partial charge in [-0.1, -0.05) is 53.8 Å². The molecule has 0 unspecified atom stereocenters. The SMILES string of the molecule is CNCCNc1cc(C(=O)Nc2ccccc2-c2nc3cccnc3s2)nc(-c2ccccc2)n1. The zero-order valence-corrected chi connectivity index (χ0v) is 19.8. The zero-order valence-electron chi connectivity index (χ0n) is 19.0. The maximum absolute atomic E-state index is 13.4. The number of amides is 1. The minimum atomic E-state index is -0.326. The van der Waals surface area contributed by atoms with E-state index in [1.165, 1.54) is 11.3 Å². The minimum absolute atomic E-state index is 0.270. The van der Waals surface area contributed by atoms with Crippen molar-refractivity contribution in [3.05, 3.63) is 84.7 Å². The highest BCUT2D eigenvalue weighted by molar-refractivity contribution is 7.21. The number of carbonyl (C=O) groups excluding carboxylic acids is 1. The molecule has 3 aromatic heterocycles. The van der Waals surface area contributed by atoms with Crippen LogP contribution < -0.4 is 16.0 Å². The number of benzene rings is 2. The number of rotatable bonds is 8. The predicted octanol–water partition coefficient (Wildman–Crippen LogP) is 4.70. The molecular weight excluding hydrogens is 458 g/mol. The molecule has 3 heterocycles. The quantitative estimate of drug-likeness (QED) is 0.276. The minimum Gasteiger partial charge on any atom is -0.369 e. The van der Waals surface area contributed by atoms with Gasteiger partial charge in [0, 0.05) is 36.5 Å². The molecule has 5 aromatic rings. The van der Waals surface area contributed by atoms with Crippen LogP contribution in [-0.2, 0) is 0 Å². The molecule has 35 heavy (non-hydrogen) atoms. The van der Waals surface area contributed by atoms with Crippen molar-refractivity contribution < 1.29 is 4.79 Å². The summed E-state index contributed by atoms with van der Waals surface area (Å²) in [5.41, 5.74) is 3.41. The maximum Gasteiger partial charge on any atom is 0.274 e. The van der Waals surface area contributed by atoms with Gasteiger partial charge in [-0.25, -0.2) is 19.9 Å². The zero-order chi connectivity index (χ0) is 24.0. The van der Waals surface area contributed by atoms with Gasteiger partial charge in [0.2, 0.25) is 0 Å². The average Bonchev–Trinajstić information content (AvgIpc) is 3.34. The highest BCUT2D eigenvalue weighted by Gasteiger charge is 2.17. The van der Waals surface area contributed by atoms with E-state index in [1.807, 2.05) is 73.8 Å². The van der Waals surface area contributed by atoms with Crippen LogP contribution in [0.25, 0.3) is 32.3 Å². The van der Waals surface area contributed by atoms with Gasteiger partial charge in [0.05, 0.1) is 5.69 Å². The monoisotopic (exact) mass is 481 g/mol. The number of thiazole rings is 1. The van der Waals surface area contributed by atoms with Crippen molar-refractivity contribution in [1.82, 2.24) is 25.3 Å². The van der Waals surface area contributed by atoms with E-state index in [4.69, 9.17) is 4.98 Å². The molecule has 9 heteroatoms. The first-order valence-corrected chi connectivity index (χ1v) is 12.0. The number of aromatic nitrogens is 4. The Morgan fingerprint density at radius 1 is 0.914 bits per heavy atom. The van der Waals surface area contributed by atoms with Crippen molar-refractivity contribution in [2.24, 2.45) is 0 Å². The summed E-state index contributed by atoms with van der Waals surface area (Å²) in [7, 11) is 1.88. The number of anilines is 2. The van der Waals surface area contributed by atoms with Crippen LogP contribution in [0.4, 0.5) is 11.5 Å². The molecule has 0 saturated heterocycles. The number of hydrogen-bond acceptors (Lipinski definition) is 8. The lowest BCUT2D eigenvalue weighted by atomic mass is 10.1. The van der Waals surface area contributed by atoms with Gasteiger partial charge in [-0.2, -0.15) is 0 Å². The third-order valence-corrected chi connectivity index (χ3v) is 6.26. The smallest absolute Gasteiger partial charge is 0.274 e. The van der Waals surface area contributed by atoms with E-state index < -0.39 is 0 Å². The second kappa shape index (κ2) is 10.4. The van der Waals surface area contributed by atoms with E-state index in [9.17, 15) is 4.79 Å². The molecule has 1 amide bonds. The number of fused-ring (bicyclic) bond motifs is 1. The number of para-hydroxylation sites is 1. The van der Waals surface area contributed by atoms with Gasteiger partial charge >= 0.3 is 0 Å². The molecular formula is C26H23N7OS. The number of hydrogen-bond donors (Lipinski definition) is 3. The summed E-state index contributed by atoms with van der Waals surface area (Å²) in [4.78, 5) is 32.5. The molecule has 2 aromatic carbocycles. The van der Waals surface area contributed by atoms with Gasteiger partial charge in [-0.3, -0.25) is 4.79 Å². The Morgan fingerprint density at radius 2 is 1.74 bits per heavy atom. The highest BCUT2D eigenvalue weighted by Crippen LogP contribution is 2.33. The topological polar surface area (TPSA) is 105 Å². The number of nitrogens with zero attached hydrogens (tertiary/aromatic N) is 4. The van der Waals surface area contributed by atoms with Crippen LogP contribution in [0, 0.1) is 0 Å². The molecule has 0 radical (unpaired) electrons. The Morgan fingerprint density at radius 3 is 2.57 bits per heavy atom. The summed E-state index contributed by atoms with van der Waals surface area (Å²) in [6.45, 7) is 1.42. The average molecular weight is 482 g/mol. The number of likely N-dealkylation sites (N-methyl/N-ethyl adjacent to an activating group) is 1. The predicted molar refractivity (Wildman–Crippen MR) is 141 cm³/mol. The number of carbonyl (C=O) groups is 1. The van der Waals surface area contributed by atoms with Crippen LogP contribution in [0.15, 0.2) is 79.0 Å². The lowest BCUT2D eigenvalue weighted by Crippen LogP contribution is -2.20. The fourth-order valence-corrected chi connectivity index (χ4v) is 4.48. The summed E-state index contributed by atoms with van der Waals surface area (Å²) in [6, 6.07) is 22.7. The van der Waals surface area contributed by atoms with E-state index >= 15 is 0 Å². The van der Waals surface area contributed by atoms with Crippen LogP contribution in [0.3, 0.4) is 0 Å². The summed E-state index contributed by atoms with van der Waals surface area (Å²) >= 11 is 1.49. The third kappa shape index (κ3) is 5.16. The second-order valence-corrected chi connectivity index (χ2v) is 8.68. The Bertz CT molecular complexity index is 1440. The summed E-state index contributed by atoms with van der Waals surface area (Å²) < 4.78 is 0. The first-order chi connectivity index (χ1) is 17.2. The van der Waals surface area contributed by atoms with Gasteiger partial charge in [-0.05, 0) is 31.3 Å². The maximum atomic E-state index is 13.4. The number of pyridine rings is 1. The van der Waals surface area contributed by atoms with Crippen LogP contribution in [0.2, 0.25) is 0 Å². The molecule has 8 nitrogen and oxygen atoms in total. The molecule has 5 rings (SSSR count). The van der Waals surface area contributed by atoms with Gasteiger partial charge < -0.3 is 16.0 Å². The van der Waals surface area contributed by atoms with Gasteiger partial charge in [0.1, 0.15) is 26.9 Å². The van der Waals surface area contributed by atoms with Crippen molar-refractivity contribution in [3.8, 4) is 22.0 Å². The lowest BCUT2D eigenvalue weighted by Gasteiger charge is -2.12. The largest absolute Gasteiger partial charge is 0.369 e. The van der Waals surface area contributed by atoms with E-state index in [-0.39, 0.29) is 11.6 Å². The molecule has 0 fully saturated rings. The molecule has 0 aliphatic heterocycles. The van der Waals surface area contributed by atoms with Crippen LogP contribution in [0.1, 0.15) is 10.5 Å². The fourth-order valence-electron chi connectivity index (χ4n) is 3.54. The lowest BCUT2D eigenvalue weighted by molar-refractivity contribution is 0.102. The number of nitrogens with one attached hydrogen (secondary N) is 3. The van der Waals surface area contributed by atoms with Crippen molar-refractivity contribution >= 4 is 39.1 Å². The molecule has 3 N–H and O–H groups in total. The van der Waals surface area contributed by atoms with Crippen LogP contribution in [0.5, 0.6) is 0 Å². The van der Waals surface area contributed by atoms with Crippen LogP contribution >= 0.6 is 11.3 Å². The fraction of sp³-hybridized carbons (Fsp3) is 0.115. The van der Waals surface area contributed by atoms with E-state index in [2.05, 4.69) is 30.9 Å². The standard InChI is InChI=1S/C26H23N7OS/c1-27-14-15-28-22-16-21(30-23(33-22)17-8-3-2-4-9-17)24(34)31-19-11-6-5-10-18(19)25-32-20-12-7-13-29-26(20)35-25/h2-13,16,27H,14-15H2,1H3,(H,31,34)(H,28,30,33). The summed E-state index contributed by atoms with van der Waals surface area (Å²) in [5.74, 6) is 0.744. The first-order valence-electron chi connectivity index (χ1n) is 11.2. The first kappa shape index (κ1) is 22.6. The van der Waals surface area contributed by atoms with Crippen molar-refractivity contribution in [2.75, 3.05) is 30.8 Å². The molecule has 0 spiro atoms. The van der Waals surface area contributed by atoms with Crippen molar-refractivity contribution in [1.29, 1.82) is 0 Å². The van der Waals surface area contributed by atoms with Crippen molar-refractivity contribution in [3.63, 3.8) is 0 Å². The third-order valence-electron chi connectivity index (χ3n) is 5.24. The Kier molecular flexibility index (Phi) is 6.69. The Hall–Kier alpha value is -4.21. The Labute approximate surface area is 206 Å². The molecule has 0 bridgehead atoms. The van der Waals surface area contributed by atoms with E-state index in [0.29, 0.717) is 23.9 Å². The normalized spacial score (nSPS) is 10.9. The van der Waals surface area contributed by atoms with Crippen LogP contribution in [-0.4, -0.2) is 46.0 Å². The molecule has 0 aliphatic rings. The van der Waals surface area contributed by atoms with E-state index in [1.54, 1.807) is 12.3 Å². The second-order valence-electron chi connectivity index (χ2n) is 7.70. The molecule has 0 atom stereocenters. The Balaban J connectivity index is 1.47. The highest BCUT2D eigenvalue weighted by atomic mass is 32.1. The van der Waals surface area contributed by atoms with Crippen molar-refractivity contribution in [2.45, 2.75) is 0 Å². The van der Waals surface area contributed by atoms with Gasteiger partial charge in [0.25, 0.3) is 5.91 Å². The summed E-state index contributed by atoms with van der Waals surface area (Å²) in [5, 5.41) is 10.2. The van der Waals surface area contributed by atoms with E-state index in [0.717, 1.165) is 33.0 Å². The van der Waals surface area contributed by atoms with Gasteiger partial charge in [0.15, 0.2) is 5.82 Å². The summed E-state index contributed by atoms with van der Waals surface area (Å²) in [6.07, 6.45) is 1.75.